The molecule has 0 aromatic carbocycles. The maximum absolute atomic E-state index is 11.2. The number of fused-ring (bicyclic) bond motifs is 1. The van der Waals surface area contributed by atoms with Crippen LogP contribution in [-0.4, -0.2) is 25.6 Å². The largest absolute Gasteiger partial charge is 0.478 e. The SMILES string of the molecule is Cc1nc2c(C(=O)O)ccnc2n1Cc1cc(Cl)sc1Cl. The van der Waals surface area contributed by atoms with Crippen molar-refractivity contribution in [3.8, 4) is 0 Å². The second kappa shape index (κ2) is 5.29. The Labute approximate surface area is 133 Å². The standard InChI is InChI=1S/C13H9Cl2N3O2S/c1-6-17-10-8(13(19)20)2-3-16-12(10)18(6)5-7-4-9(14)21-11(7)15/h2-4H,5H2,1H3,(H,19,20). The third kappa shape index (κ3) is 2.50. The molecular weight excluding hydrogens is 333 g/mol. The van der Waals surface area contributed by atoms with E-state index in [0.717, 1.165) is 5.56 Å². The molecule has 0 atom stereocenters. The van der Waals surface area contributed by atoms with Crippen molar-refractivity contribution in [2.24, 2.45) is 0 Å². The van der Waals surface area contributed by atoms with Gasteiger partial charge in [-0.15, -0.1) is 11.3 Å². The Morgan fingerprint density at radius 3 is 2.86 bits per heavy atom. The van der Waals surface area contributed by atoms with E-state index in [1.54, 1.807) is 13.0 Å². The molecule has 8 heteroatoms. The number of aromatic nitrogens is 3. The van der Waals surface area contributed by atoms with Crippen molar-refractivity contribution in [3.05, 3.63) is 44.0 Å². The number of aromatic carboxylic acids is 1. The number of carbonyl (C=O) groups is 1. The number of hydrogen-bond acceptors (Lipinski definition) is 4. The first-order valence-corrected chi connectivity index (χ1v) is 7.53. The normalized spacial score (nSPS) is 11.2. The van der Waals surface area contributed by atoms with Gasteiger partial charge in [0.05, 0.1) is 20.8 Å². The molecule has 0 aliphatic carbocycles. The second-order valence-electron chi connectivity index (χ2n) is 4.43. The monoisotopic (exact) mass is 341 g/mol. The molecule has 108 valence electrons. The van der Waals surface area contributed by atoms with Crippen molar-refractivity contribution < 1.29 is 9.90 Å². The Bertz CT molecular complexity index is 857. The summed E-state index contributed by atoms with van der Waals surface area (Å²) in [6, 6.07) is 3.23. The van der Waals surface area contributed by atoms with Crippen LogP contribution in [0, 0.1) is 6.92 Å². The van der Waals surface area contributed by atoms with Gasteiger partial charge in [-0.25, -0.2) is 14.8 Å². The van der Waals surface area contributed by atoms with E-state index in [1.165, 1.54) is 23.6 Å². The summed E-state index contributed by atoms with van der Waals surface area (Å²) in [7, 11) is 0. The Kier molecular flexibility index (Phi) is 3.61. The number of aryl methyl sites for hydroxylation is 1. The fraction of sp³-hybridized carbons (Fsp3) is 0.154. The van der Waals surface area contributed by atoms with E-state index in [2.05, 4.69) is 9.97 Å². The van der Waals surface area contributed by atoms with Crippen molar-refractivity contribution in [2.45, 2.75) is 13.5 Å². The minimum atomic E-state index is -1.02. The average molecular weight is 342 g/mol. The van der Waals surface area contributed by atoms with Crippen molar-refractivity contribution >= 4 is 51.7 Å². The number of thiophene rings is 1. The first-order chi connectivity index (χ1) is 9.97. The van der Waals surface area contributed by atoms with E-state index in [0.29, 0.717) is 32.2 Å². The first kappa shape index (κ1) is 14.3. The zero-order chi connectivity index (χ0) is 15.1. The summed E-state index contributed by atoms with van der Waals surface area (Å²) in [5.41, 5.74) is 1.89. The molecule has 0 aliphatic heterocycles. The van der Waals surface area contributed by atoms with Gasteiger partial charge in [0.2, 0.25) is 0 Å². The van der Waals surface area contributed by atoms with Crippen LogP contribution in [0.5, 0.6) is 0 Å². The van der Waals surface area contributed by atoms with Crippen LogP contribution in [0.2, 0.25) is 8.67 Å². The van der Waals surface area contributed by atoms with Crippen LogP contribution >= 0.6 is 34.5 Å². The smallest absolute Gasteiger partial charge is 0.338 e. The molecule has 0 saturated carbocycles. The van der Waals surface area contributed by atoms with Gasteiger partial charge < -0.3 is 9.67 Å². The average Bonchev–Trinajstić information content (AvgIpc) is 2.90. The van der Waals surface area contributed by atoms with E-state index in [9.17, 15) is 9.90 Å². The zero-order valence-corrected chi connectivity index (χ0v) is 13.1. The molecule has 3 heterocycles. The molecule has 3 aromatic rings. The maximum atomic E-state index is 11.2. The predicted octanol–water partition coefficient (Wildman–Crippen LogP) is 3.85. The number of pyridine rings is 1. The van der Waals surface area contributed by atoms with Gasteiger partial charge in [0, 0.05) is 11.8 Å². The number of rotatable bonds is 3. The Morgan fingerprint density at radius 2 is 2.24 bits per heavy atom. The summed E-state index contributed by atoms with van der Waals surface area (Å²) in [6.07, 6.45) is 1.46. The Morgan fingerprint density at radius 1 is 1.48 bits per heavy atom. The Hall–Kier alpha value is -1.63. The predicted molar refractivity (Wildman–Crippen MR) is 82.7 cm³/mol. The molecule has 3 aromatic heterocycles. The van der Waals surface area contributed by atoms with Crippen LogP contribution in [0.3, 0.4) is 0 Å². The summed E-state index contributed by atoms with van der Waals surface area (Å²) < 4.78 is 3.04. The number of nitrogens with zero attached hydrogens (tertiary/aromatic N) is 3. The molecule has 1 N–H and O–H groups in total. The van der Waals surface area contributed by atoms with E-state index < -0.39 is 5.97 Å². The zero-order valence-electron chi connectivity index (χ0n) is 10.8. The number of hydrogen-bond donors (Lipinski definition) is 1. The molecule has 0 amide bonds. The van der Waals surface area contributed by atoms with Crippen molar-refractivity contribution in [3.63, 3.8) is 0 Å². The van der Waals surface area contributed by atoms with Crippen LogP contribution in [0.1, 0.15) is 21.7 Å². The van der Waals surface area contributed by atoms with Crippen molar-refractivity contribution in [2.75, 3.05) is 0 Å². The highest BCUT2D eigenvalue weighted by Gasteiger charge is 2.17. The molecular formula is C13H9Cl2N3O2S. The molecule has 0 saturated heterocycles. The fourth-order valence-corrected chi connectivity index (χ4v) is 3.61. The van der Waals surface area contributed by atoms with Crippen molar-refractivity contribution in [1.29, 1.82) is 0 Å². The molecule has 0 unspecified atom stereocenters. The van der Waals surface area contributed by atoms with Gasteiger partial charge in [-0.3, -0.25) is 0 Å². The molecule has 5 nitrogen and oxygen atoms in total. The van der Waals surface area contributed by atoms with Crippen molar-refractivity contribution in [1.82, 2.24) is 14.5 Å². The number of imidazole rings is 1. The first-order valence-electron chi connectivity index (χ1n) is 5.96. The lowest BCUT2D eigenvalue weighted by Gasteiger charge is -2.05. The summed E-state index contributed by atoms with van der Waals surface area (Å²) in [5, 5.41) is 9.21. The van der Waals surface area contributed by atoms with Crippen LogP contribution in [0.15, 0.2) is 18.3 Å². The number of carboxylic acid groups (broad SMARTS) is 1. The van der Waals surface area contributed by atoms with Crippen LogP contribution < -0.4 is 0 Å². The van der Waals surface area contributed by atoms with Crippen LogP contribution in [0.4, 0.5) is 0 Å². The quantitative estimate of drug-likeness (QED) is 0.785. The molecule has 21 heavy (non-hydrogen) atoms. The summed E-state index contributed by atoms with van der Waals surface area (Å²) in [5.74, 6) is -0.353. The molecule has 0 fully saturated rings. The van der Waals surface area contributed by atoms with Gasteiger partial charge >= 0.3 is 5.97 Å². The van der Waals surface area contributed by atoms with Crippen LogP contribution in [0.25, 0.3) is 11.2 Å². The highest BCUT2D eigenvalue weighted by atomic mass is 35.5. The topological polar surface area (TPSA) is 68.0 Å². The Balaban J connectivity index is 2.15. The molecule has 0 radical (unpaired) electrons. The van der Waals surface area contributed by atoms with Crippen LogP contribution in [-0.2, 0) is 6.54 Å². The lowest BCUT2D eigenvalue weighted by Crippen LogP contribution is -2.03. The summed E-state index contributed by atoms with van der Waals surface area (Å²) >= 11 is 13.4. The third-order valence-corrected chi connectivity index (χ3v) is 4.68. The number of carboxylic acids is 1. The lowest BCUT2D eigenvalue weighted by molar-refractivity contribution is 0.0698. The minimum Gasteiger partial charge on any atom is -0.478 e. The maximum Gasteiger partial charge on any atom is 0.338 e. The fourth-order valence-electron chi connectivity index (χ4n) is 2.14. The van der Waals surface area contributed by atoms with Gasteiger partial charge in [-0.05, 0) is 19.1 Å². The van der Waals surface area contributed by atoms with Gasteiger partial charge in [0.1, 0.15) is 11.3 Å². The van der Waals surface area contributed by atoms with Gasteiger partial charge in [0.25, 0.3) is 0 Å². The highest BCUT2D eigenvalue weighted by Crippen LogP contribution is 2.32. The van der Waals surface area contributed by atoms with E-state index in [1.807, 2.05) is 4.57 Å². The summed E-state index contributed by atoms with van der Waals surface area (Å²) in [6.45, 7) is 2.25. The summed E-state index contributed by atoms with van der Waals surface area (Å²) in [4.78, 5) is 19.8. The lowest BCUT2D eigenvalue weighted by atomic mass is 10.2. The molecule has 0 bridgehead atoms. The van der Waals surface area contributed by atoms with E-state index in [4.69, 9.17) is 23.2 Å². The third-order valence-electron chi connectivity index (χ3n) is 3.11. The number of halogens is 2. The van der Waals surface area contributed by atoms with Gasteiger partial charge in [-0.1, -0.05) is 23.2 Å². The molecule has 0 aliphatic rings. The molecule has 3 rings (SSSR count). The van der Waals surface area contributed by atoms with E-state index in [-0.39, 0.29) is 5.56 Å². The second-order valence-corrected chi connectivity index (χ2v) is 6.72. The highest BCUT2D eigenvalue weighted by molar-refractivity contribution is 7.20. The minimum absolute atomic E-state index is 0.135. The van der Waals surface area contributed by atoms with E-state index >= 15 is 0 Å². The van der Waals surface area contributed by atoms with Gasteiger partial charge in [-0.2, -0.15) is 0 Å². The molecule has 0 spiro atoms. The van der Waals surface area contributed by atoms with Gasteiger partial charge in [0.15, 0.2) is 5.65 Å².